The number of esters is 2. The molecule has 0 unspecified atom stereocenters. The first-order chi connectivity index (χ1) is 33.6. The van der Waals surface area contributed by atoms with E-state index < -0.39 is 6.10 Å². The van der Waals surface area contributed by atoms with Crippen LogP contribution in [0.15, 0.2) is 36.5 Å². The Labute approximate surface area is 425 Å². The Morgan fingerprint density at radius 3 is 1.01 bits per heavy atom. The smallest absolute Gasteiger partial charge is 0.306 e. The molecular weight excluding hydrogens is 837 g/mol. The molecule has 0 aliphatic carbocycles. The molecule has 0 saturated heterocycles. The molecule has 1 atom stereocenters. The van der Waals surface area contributed by atoms with Crippen molar-refractivity contribution < 1.29 is 23.8 Å². The van der Waals surface area contributed by atoms with Crippen molar-refractivity contribution in [2.45, 2.75) is 335 Å². The summed E-state index contributed by atoms with van der Waals surface area (Å²) >= 11 is 0. The maximum atomic E-state index is 12.9. The number of unbranched alkanes of at least 4 members (excludes halogenated alkanes) is 40. The fourth-order valence-corrected chi connectivity index (χ4v) is 9.07. The minimum atomic E-state index is -0.537. The molecule has 0 saturated carbocycles. The minimum absolute atomic E-state index is 0.0871. The third-order valence-corrected chi connectivity index (χ3v) is 13.6. The van der Waals surface area contributed by atoms with Gasteiger partial charge in [0.05, 0.1) is 6.61 Å². The van der Waals surface area contributed by atoms with Crippen LogP contribution in [-0.4, -0.2) is 37.9 Å². The van der Waals surface area contributed by atoms with Crippen molar-refractivity contribution in [1.29, 1.82) is 0 Å². The molecule has 0 aliphatic rings. The number of hydrogen-bond acceptors (Lipinski definition) is 5. The Bertz CT molecular complexity index is 1080. The molecule has 0 aromatic heterocycles. The van der Waals surface area contributed by atoms with Crippen molar-refractivity contribution in [3.05, 3.63) is 36.5 Å². The summed E-state index contributed by atoms with van der Waals surface area (Å²) in [6, 6.07) is 0. The summed E-state index contributed by atoms with van der Waals surface area (Å²) in [6.45, 7) is 7.86. The van der Waals surface area contributed by atoms with Crippen LogP contribution in [0.25, 0.3) is 0 Å². The molecule has 0 bridgehead atoms. The second-order valence-electron chi connectivity index (χ2n) is 20.6. The Kier molecular flexibility index (Phi) is 57.8. The first-order valence-electron chi connectivity index (χ1n) is 30.5. The Morgan fingerprint density at radius 1 is 0.324 bits per heavy atom. The van der Waals surface area contributed by atoms with E-state index in [0.29, 0.717) is 26.1 Å². The van der Waals surface area contributed by atoms with Gasteiger partial charge in [-0.3, -0.25) is 9.59 Å². The molecule has 68 heavy (non-hydrogen) atoms. The van der Waals surface area contributed by atoms with E-state index in [2.05, 4.69) is 57.2 Å². The topological polar surface area (TPSA) is 61.8 Å². The molecule has 0 aliphatic heterocycles. The summed E-state index contributed by atoms with van der Waals surface area (Å²) in [5.74, 6) is -0.386. The van der Waals surface area contributed by atoms with E-state index in [4.69, 9.17) is 14.2 Å². The zero-order valence-corrected chi connectivity index (χ0v) is 46.1. The third-order valence-electron chi connectivity index (χ3n) is 13.6. The van der Waals surface area contributed by atoms with Crippen LogP contribution < -0.4 is 0 Å². The maximum Gasteiger partial charge on any atom is 0.306 e. The third kappa shape index (κ3) is 56.7. The lowest BCUT2D eigenvalue weighted by molar-refractivity contribution is -0.163. The quantitative estimate of drug-likeness (QED) is 0.0345. The highest BCUT2D eigenvalue weighted by atomic mass is 16.6. The lowest BCUT2D eigenvalue weighted by Gasteiger charge is -2.18. The van der Waals surface area contributed by atoms with Crippen molar-refractivity contribution in [1.82, 2.24) is 0 Å². The summed E-state index contributed by atoms with van der Waals surface area (Å²) in [7, 11) is 0. The van der Waals surface area contributed by atoms with E-state index in [0.717, 1.165) is 38.5 Å². The van der Waals surface area contributed by atoms with Gasteiger partial charge in [0.25, 0.3) is 0 Å². The van der Waals surface area contributed by atoms with Gasteiger partial charge in [-0.1, -0.05) is 276 Å². The van der Waals surface area contributed by atoms with Crippen LogP contribution in [0.5, 0.6) is 0 Å². The van der Waals surface area contributed by atoms with E-state index in [9.17, 15) is 9.59 Å². The van der Waals surface area contributed by atoms with E-state index in [1.165, 1.54) is 257 Å². The van der Waals surface area contributed by atoms with Gasteiger partial charge in [0, 0.05) is 19.4 Å². The molecule has 0 spiro atoms. The number of carbonyl (C=O) groups excluding carboxylic acids is 2. The van der Waals surface area contributed by atoms with Gasteiger partial charge in [-0.25, -0.2) is 0 Å². The van der Waals surface area contributed by atoms with Crippen LogP contribution in [0.2, 0.25) is 0 Å². The number of ether oxygens (including phenoxy) is 3. The summed E-state index contributed by atoms with van der Waals surface area (Å²) in [5.41, 5.74) is 0. The first-order valence-corrected chi connectivity index (χ1v) is 30.5. The van der Waals surface area contributed by atoms with Gasteiger partial charge in [0.1, 0.15) is 6.61 Å². The van der Waals surface area contributed by atoms with Crippen LogP contribution in [0.4, 0.5) is 0 Å². The monoisotopic (exact) mass is 955 g/mol. The highest BCUT2D eigenvalue weighted by molar-refractivity contribution is 5.70. The second kappa shape index (κ2) is 59.4. The molecule has 0 amide bonds. The fraction of sp³-hybridized carbons (Fsp3) is 0.873. The van der Waals surface area contributed by atoms with Crippen LogP contribution in [0, 0.1) is 0 Å². The summed E-state index contributed by atoms with van der Waals surface area (Å²) < 4.78 is 17.5. The summed E-state index contributed by atoms with van der Waals surface area (Å²) in [4.78, 5) is 25.6. The minimum Gasteiger partial charge on any atom is -0.462 e. The molecule has 0 radical (unpaired) electrons. The second-order valence-corrected chi connectivity index (χ2v) is 20.6. The molecule has 0 heterocycles. The van der Waals surface area contributed by atoms with Crippen molar-refractivity contribution in [3.63, 3.8) is 0 Å². The van der Waals surface area contributed by atoms with Crippen molar-refractivity contribution in [2.75, 3.05) is 19.8 Å². The number of allylic oxidation sites excluding steroid dienone is 6. The van der Waals surface area contributed by atoms with Crippen molar-refractivity contribution in [2.24, 2.45) is 0 Å². The Morgan fingerprint density at radius 2 is 0.618 bits per heavy atom. The average Bonchev–Trinajstić information content (AvgIpc) is 3.34. The fourth-order valence-electron chi connectivity index (χ4n) is 9.07. The maximum absolute atomic E-state index is 12.9. The molecule has 400 valence electrons. The van der Waals surface area contributed by atoms with Crippen LogP contribution in [-0.2, 0) is 23.8 Å². The molecular formula is C63H118O5. The Hall–Kier alpha value is -1.88. The number of rotatable bonds is 57. The van der Waals surface area contributed by atoms with Crippen LogP contribution >= 0.6 is 0 Å². The molecule has 0 fully saturated rings. The Balaban J connectivity index is 4.24. The van der Waals surface area contributed by atoms with E-state index >= 15 is 0 Å². The first kappa shape index (κ1) is 66.1. The normalized spacial score (nSPS) is 12.3. The lowest BCUT2D eigenvalue weighted by atomic mass is 10.0. The van der Waals surface area contributed by atoms with Gasteiger partial charge in [0.2, 0.25) is 0 Å². The molecule has 5 heteroatoms. The van der Waals surface area contributed by atoms with Crippen LogP contribution in [0.3, 0.4) is 0 Å². The van der Waals surface area contributed by atoms with Gasteiger partial charge in [-0.15, -0.1) is 0 Å². The standard InChI is InChI=1S/C63H118O5/c1-4-7-10-13-16-19-22-25-28-31-32-34-36-39-42-45-48-51-54-57-63(65)68-61(59-66-58-55-52-49-46-43-40-37-30-27-24-21-18-15-12-9-6-3)60-67-62(64)56-53-50-47-44-41-38-35-33-29-26-23-20-17-14-11-8-5-2/h16,19,25-26,28-29,61H,4-15,17-18,20-24,27,30-60H2,1-3H3/b19-16-,28-25-,29-26-/t61-/m1/s1. The van der Waals surface area contributed by atoms with Gasteiger partial charge < -0.3 is 14.2 Å². The van der Waals surface area contributed by atoms with E-state index in [1.54, 1.807) is 0 Å². The van der Waals surface area contributed by atoms with Gasteiger partial charge >= 0.3 is 11.9 Å². The van der Waals surface area contributed by atoms with Crippen molar-refractivity contribution >= 4 is 11.9 Å². The summed E-state index contributed by atoms with van der Waals surface area (Å²) in [5, 5.41) is 0. The van der Waals surface area contributed by atoms with Gasteiger partial charge in [0.15, 0.2) is 6.10 Å². The molecule has 0 aromatic rings. The lowest BCUT2D eigenvalue weighted by Crippen LogP contribution is -2.30. The average molecular weight is 956 g/mol. The number of carbonyl (C=O) groups is 2. The zero-order valence-electron chi connectivity index (χ0n) is 46.1. The molecule has 0 N–H and O–H groups in total. The van der Waals surface area contributed by atoms with Gasteiger partial charge in [-0.2, -0.15) is 0 Å². The highest BCUT2D eigenvalue weighted by Gasteiger charge is 2.17. The SMILES string of the molecule is CCCCC/C=C\C/C=C\CCCCCCCCCCCC(=O)O[C@H](COCCCCCCCCCCCCCCCCCC)COC(=O)CCCCCCCCC/C=C\CCCCCCCC. The molecule has 5 nitrogen and oxygen atoms in total. The van der Waals surface area contributed by atoms with Crippen molar-refractivity contribution in [3.8, 4) is 0 Å². The van der Waals surface area contributed by atoms with Crippen LogP contribution in [0.1, 0.15) is 329 Å². The summed E-state index contributed by atoms with van der Waals surface area (Å²) in [6.07, 6.45) is 73.1. The highest BCUT2D eigenvalue weighted by Crippen LogP contribution is 2.17. The largest absolute Gasteiger partial charge is 0.462 e. The zero-order chi connectivity index (χ0) is 49.2. The molecule has 0 rings (SSSR count). The molecule has 0 aromatic carbocycles. The van der Waals surface area contributed by atoms with E-state index in [1.807, 2.05) is 0 Å². The number of hydrogen-bond donors (Lipinski definition) is 0. The van der Waals surface area contributed by atoms with E-state index in [-0.39, 0.29) is 18.5 Å². The predicted molar refractivity (Wildman–Crippen MR) is 298 cm³/mol. The van der Waals surface area contributed by atoms with Gasteiger partial charge in [-0.05, 0) is 77.0 Å². The predicted octanol–water partition coefficient (Wildman–Crippen LogP) is 20.9.